The third-order valence-corrected chi connectivity index (χ3v) is 5.07. The van der Waals surface area contributed by atoms with Crippen molar-refractivity contribution in [3.05, 3.63) is 18.2 Å². The second-order valence-electron chi connectivity index (χ2n) is 6.24. The van der Waals surface area contributed by atoms with Gasteiger partial charge in [-0.3, -0.25) is 0 Å². The van der Waals surface area contributed by atoms with Crippen molar-refractivity contribution in [2.45, 2.75) is 31.7 Å². The summed E-state index contributed by atoms with van der Waals surface area (Å²) in [4.78, 5) is 0. The van der Waals surface area contributed by atoms with Crippen molar-refractivity contribution >= 4 is 23.0 Å². The Morgan fingerprint density at radius 1 is 1.10 bits per heavy atom. The van der Waals surface area contributed by atoms with Crippen LogP contribution in [0.1, 0.15) is 25.7 Å². The van der Waals surface area contributed by atoms with E-state index in [2.05, 4.69) is 10.6 Å². The van der Waals surface area contributed by atoms with Gasteiger partial charge in [0.05, 0.1) is 0 Å². The topological polar surface area (TPSA) is 42.5 Å². The first-order valence-corrected chi connectivity index (χ1v) is 8.16. The highest BCUT2D eigenvalue weighted by atomic mass is 32.1. The molecule has 0 aromatic heterocycles. The predicted molar refractivity (Wildman–Crippen MR) is 86.0 cm³/mol. The summed E-state index contributed by atoms with van der Waals surface area (Å²) >= 11 is 5.45. The molecule has 4 nitrogen and oxygen atoms in total. The maximum Gasteiger partial charge on any atom is 0.171 e. The van der Waals surface area contributed by atoms with Gasteiger partial charge < -0.3 is 20.1 Å². The number of thiocarbonyl (C=S) groups is 1. The molecular weight excluding hydrogens is 284 g/mol. The summed E-state index contributed by atoms with van der Waals surface area (Å²) in [5.74, 6) is 3.33. The van der Waals surface area contributed by atoms with E-state index in [4.69, 9.17) is 21.7 Å². The number of hydrogen-bond acceptors (Lipinski definition) is 3. The number of hydrogen-bond donors (Lipinski definition) is 2. The van der Waals surface area contributed by atoms with Gasteiger partial charge in [0.2, 0.25) is 0 Å². The Bertz CT molecular complexity index is 563. The lowest BCUT2D eigenvalue weighted by molar-refractivity contribution is 0.171. The first kappa shape index (κ1) is 13.2. The van der Waals surface area contributed by atoms with Crippen molar-refractivity contribution in [1.82, 2.24) is 5.32 Å². The highest BCUT2D eigenvalue weighted by Gasteiger charge is 2.39. The molecule has 0 unspecified atom stereocenters. The SMILES string of the molecule is S=C(Nc1ccc2c(c1)OCCO2)N[C@@H]1C[C@@H]2CC[C@@H]1C2. The van der Waals surface area contributed by atoms with Gasteiger partial charge in [-0.1, -0.05) is 6.42 Å². The molecule has 0 spiro atoms. The van der Waals surface area contributed by atoms with Crippen LogP contribution < -0.4 is 20.1 Å². The van der Waals surface area contributed by atoms with Gasteiger partial charge in [-0.05, 0) is 55.4 Å². The van der Waals surface area contributed by atoms with E-state index in [0.29, 0.717) is 24.4 Å². The van der Waals surface area contributed by atoms with E-state index in [-0.39, 0.29) is 0 Å². The average Bonchev–Trinajstić information content (AvgIpc) is 3.09. The van der Waals surface area contributed by atoms with Crippen LogP contribution in [0, 0.1) is 11.8 Å². The van der Waals surface area contributed by atoms with Crippen LogP contribution in [0.2, 0.25) is 0 Å². The van der Waals surface area contributed by atoms with E-state index >= 15 is 0 Å². The number of nitrogens with one attached hydrogen (secondary N) is 2. The zero-order valence-electron chi connectivity index (χ0n) is 11.9. The fourth-order valence-electron chi connectivity index (χ4n) is 3.88. The molecule has 5 heteroatoms. The van der Waals surface area contributed by atoms with Crippen LogP contribution in [0.15, 0.2) is 18.2 Å². The van der Waals surface area contributed by atoms with E-state index in [1.54, 1.807) is 0 Å². The van der Waals surface area contributed by atoms with Crippen LogP contribution in [0.3, 0.4) is 0 Å². The summed E-state index contributed by atoms with van der Waals surface area (Å²) in [6.45, 7) is 1.22. The second kappa shape index (κ2) is 5.37. The number of fused-ring (bicyclic) bond motifs is 3. The number of benzene rings is 1. The first-order valence-electron chi connectivity index (χ1n) is 7.75. The summed E-state index contributed by atoms with van der Waals surface area (Å²) < 4.78 is 11.1. The van der Waals surface area contributed by atoms with Crippen molar-refractivity contribution in [2.24, 2.45) is 11.8 Å². The zero-order chi connectivity index (χ0) is 14.2. The minimum Gasteiger partial charge on any atom is -0.486 e. The van der Waals surface area contributed by atoms with Crippen LogP contribution in [0.25, 0.3) is 0 Å². The van der Waals surface area contributed by atoms with Gasteiger partial charge in [0, 0.05) is 17.8 Å². The fraction of sp³-hybridized carbons (Fsp3) is 0.562. The molecule has 2 aliphatic carbocycles. The van der Waals surface area contributed by atoms with Gasteiger partial charge in [0.1, 0.15) is 13.2 Å². The molecule has 4 rings (SSSR count). The number of rotatable bonds is 2. The normalized spacial score (nSPS) is 29.2. The van der Waals surface area contributed by atoms with E-state index in [9.17, 15) is 0 Å². The monoisotopic (exact) mass is 304 g/mol. The van der Waals surface area contributed by atoms with Gasteiger partial charge in [-0.25, -0.2) is 0 Å². The Balaban J connectivity index is 1.38. The Kier molecular flexibility index (Phi) is 3.37. The maximum absolute atomic E-state index is 5.59. The summed E-state index contributed by atoms with van der Waals surface area (Å²) in [6, 6.07) is 6.41. The molecule has 2 N–H and O–H groups in total. The Hall–Kier alpha value is -1.49. The average molecular weight is 304 g/mol. The molecule has 3 aliphatic rings. The lowest BCUT2D eigenvalue weighted by atomic mass is 9.96. The molecule has 1 heterocycles. The molecule has 112 valence electrons. The third kappa shape index (κ3) is 2.67. The summed E-state index contributed by atoms with van der Waals surface area (Å²) in [7, 11) is 0. The molecule has 1 aromatic rings. The lowest BCUT2D eigenvalue weighted by Gasteiger charge is -2.25. The van der Waals surface area contributed by atoms with Crippen LogP contribution in [0.5, 0.6) is 11.5 Å². The Morgan fingerprint density at radius 3 is 2.71 bits per heavy atom. The van der Waals surface area contributed by atoms with Crippen LogP contribution >= 0.6 is 12.2 Å². The van der Waals surface area contributed by atoms with Gasteiger partial charge >= 0.3 is 0 Å². The van der Waals surface area contributed by atoms with Gasteiger partial charge in [0.15, 0.2) is 16.6 Å². The predicted octanol–water partition coefficient (Wildman–Crippen LogP) is 2.93. The van der Waals surface area contributed by atoms with Crippen LogP contribution in [-0.2, 0) is 0 Å². The fourth-order valence-corrected chi connectivity index (χ4v) is 4.15. The first-order chi connectivity index (χ1) is 10.3. The van der Waals surface area contributed by atoms with Gasteiger partial charge in [-0.15, -0.1) is 0 Å². The molecule has 2 saturated carbocycles. The molecule has 3 atom stereocenters. The lowest BCUT2D eigenvalue weighted by Crippen LogP contribution is -2.40. The molecule has 0 amide bonds. The molecule has 0 saturated heterocycles. The maximum atomic E-state index is 5.59. The molecule has 1 aliphatic heterocycles. The molecule has 21 heavy (non-hydrogen) atoms. The zero-order valence-corrected chi connectivity index (χ0v) is 12.7. The van der Waals surface area contributed by atoms with Gasteiger partial charge in [-0.2, -0.15) is 0 Å². The Labute approximate surface area is 130 Å². The minimum absolute atomic E-state index is 0.556. The molecule has 1 aromatic carbocycles. The summed E-state index contributed by atoms with van der Waals surface area (Å²) in [6.07, 6.45) is 5.41. The third-order valence-electron chi connectivity index (χ3n) is 4.85. The van der Waals surface area contributed by atoms with E-state index in [0.717, 1.165) is 29.0 Å². The molecule has 2 fully saturated rings. The Morgan fingerprint density at radius 2 is 1.95 bits per heavy atom. The highest BCUT2D eigenvalue weighted by Crippen LogP contribution is 2.44. The van der Waals surface area contributed by atoms with Crippen molar-refractivity contribution in [1.29, 1.82) is 0 Å². The van der Waals surface area contributed by atoms with Crippen molar-refractivity contribution in [3.8, 4) is 11.5 Å². The van der Waals surface area contributed by atoms with E-state index in [1.807, 2.05) is 18.2 Å². The standard InChI is InChI=1S/C16H20N2O2S/c21-16(18-13-8-10-1-2-11(13)7-10)17-12-3-4-14-15(9-12)20-6-5-19-14/h3-4,9-11,13H,1-2,5-8H2,(H2,17,18,21)/t10-,11-,13-/m1/s1. The van der Waals surface area contributed by atoms with Gasteiger partial charge in [0.25, 0.3) is 0 Å². The molecule has 2 bridgehead atoms. The largest absolute Gasteiger partial charge is 0.486 e. The number of ether oxygens (including phenoxy) is 2. The van der Waals surface area contributed by atoms with Crippen molar-refractivity contribution < 1.29 is 9.47 Å². The van der Waals surface area contributed by atoms with Crippen LogP contribution in [0.4, 0.5) is 5.69 Å². The van der Waals surface area contributed by atoms with E-state index < -0.39 is 0 Å². The summed E-state index contributed by atoms with van der Waals surface area (Å²) in [5, 5.41) is 7.46. The molecular formula is C16H20N2O2S. The second-order valence-corrected chi connectivity index (χ2v) is 6.65. The highest BCUT2D eigenvalue weighted by molar-refractivity contribution is 7.80. The number of anilines is 1. The smallest absolute Gasteiger partial charge is 0.171 e. The molecule has 0 radical (unpaired) electrons. The summed E-state index contributed by atoms with van der Waals surface area (Å²) in [5.41, 5.74) is 0.944. The van der Waals surface area contributed by atoms with Crippen LogP contribution in [-0.4, -0.2) is 24.4 Å². The van der Waals surface area contributed by atoms with E-state index in [1.165, 1.54) is 25.7 Å². The van der Waals surface area contributed by atoms with Crippen molar-refractivity contribution in [2.75, 3.05) is 18.5 Å². The quantitative estimate of drug-likeness (QED) is 0.822. The van der Waals surface area contributed by atoms with Crippen molar-refractivity contribution in [3.63, 3.8) is 0 Å². The minimum atomic E-state index is 0.556.